The zero-order valence-corrected chi connectivity index (χ0v) is 12.9. The van der Waals surface area contributed by atoms with Crippen molar-refractivity contribution in [3.63, 3.8) is 0 Å². The first kappa shape index (κ1) is 14.7. The first-order valence-electron chi connectivity index (χ1n) is 7.02. The molecular formula is C16H16N2O3S. The predicted octanol–water partition coefficient (Wildman–Crippen LogP) is 2.00. The summed E-state index contributed by atoms with van der Waals surface area (Å²) in [4.78, 5) is 15.9. The number of nitrogens with one attached hydrogen (secondary N) is 1. The van der Waals surface area contributed by atoms with Gasteiger partial charge < -0.3 is 0 Å². The largest absolute Gasteiger partial charge is 0.281 e. The first-order chi connectivity index (χ1) is 10.5. The number of carbonyl (C=O) groups excluding carboxylic acids is 1. The van der Waals surface area contributed by atoms with E-state index in [-0.39, 0.29) is 16.9 Å². The molecule has 1 aliphatic carbocycles. The number of rotatable bonds is 4. The lowest BCUT2D eigenvalue weighted by atomic mass is 10.0. The lowest BCUT2D eigenvalue weighted by molar-refractivity contribution is -0.120. The Morgan fingerprint density at radius 1 is 1.18 bits per heavy atom. The van der Waals surface area contributed by atoms with Gasteiger partial charge in [0.25, 0.3) is 10.0 Å². The fourth-order valence-corrected chi connectivity index (χ4v) is 3.58. The van der Waals surface area contributed by atoms with Crippen LogP contribution in [0.3, 0.4) is 0 Å². The number of amides is 1. The Kier molecular flexibility index (Phi) is 3.70. The minimum absolute atomic E-state index is 0.0973. The molecule has 6 heteroatoms. The van der Waals surface area contributed by atoms with Crippen molar-refractivity contribution < 1.29 is 13.2 Å². The average Bonchev–Trinajstić information content (AvgIpc) is 3.29. The number of sulfonamides is 1. The highest BCUT2D eigenvalue weighted by Gasteiger charge is 2.45. The molecule has 0 spiro atoms. The van der Waals surface area contributed by atoms with Crippen LogP contribution in [0.5, 0.6) is 0 Å². The van der Waals surface area contributed by atoms with E-state index in [0.29, 0.717) is 6.42 Å². The molecule has 1 saturated carbocycles. The van der Waals surface area contributed by atoms with Gasteiger partial charge in [-0.1, -0.05) is 30.3 Å². The Morgan fingerprint density at radius 3 is 2.59 bits per heavy atom. The van der Waals surface area contributed by atoms with Gasteiger partial charge in [0.05, 0.1) is 0 Å². The summed E-state index contributed by atoms with van der Waals surface area (Å²) < 4.78 is 26.3. The molecule has 22 heavy (non-hydrogen) atoms. The topological polar surface area (TPSA) is 76.1 Å². The monoisotopic (exact) mass is 316 g/mol. The van der Waals surface area contributed by atoms with Crippen molar-refractivity contribution in [3.8, 4) is 0 Å². The standard InChI is InChI=1S/C16H16N2O3S/c1-11-6-2-3-7-12(11)13-10-14(13)16(19)18-22(20,21)15-8-4-5-9-17-15/h2-9,13-14H,10H2,1H3,(H,18,19). The lowest BCUT2D eigenvalue weighted by Crippen LogP contribution is -2.32. The molecule has 5 nitrogen and oxygen atoms in total. The summed E-state index contributed by atoms with van der Waals surface area (Å²) in [5, 5.41) is -0.142. The van der Waals surface area contributed by atoms with Gasteiger partial charge in [-0.15, -0.1) is 0 Å². The van der Waals surface area contributed by atoms with Gasteiger partial charge in [-0.2, -0.15) is 8.42 Å². The van der Waals surface area contributed by atoms with Crippen LogP contribution in [0.15, 0.2) is 53.7 Å². The molecule has 0 aliphatic heterocycles. The number of hydrogen-bond donors (Lipinski definition) is 1. The molecule has 1 heterocycles. The number of benzene rings is 1. The van der Waals surface area contributed by atoms with E-state index >= 15 is 0 Å². The molecule has 114 valence electrons. The maximum atomic E-state index is 12.2. The summed E-state index contributed by atoms with van der Waals surface area (Å²) in [5.74, 6) is -0.654. The summed E-state index contributed by atoms with van der Waals surface area (Å²) in [6, 6.07) is 12.4. The number of aryl methyl sites for hydroxylation is 1. The first-order valence-corrected chi connectivity index (χ1v) is 8.50. The molecule has 0 saturated heterocycles. The molecule has 2 unspecified atom stereocenters. The van der Waals surface area contributed by atoms with Crippen LogP contribution in [0.25, 0.3) is 0 Å². The van der Waals surface area contributed by atoms with Gasteiger partial charge in [0, 0.05) is 12.1 Å². The Morgan fingerprint density at radius 2 is 1.91 bits per heavy atom. The van der Waals surface area contributed by atoms with Crippen molar-refractivity contribution in [1.29, 1.82) is 0 Å². The molecule has 0 radical (unpaired) electrons. The molecule has 0 bridgehead atoms. The van der Waals surface area contributed by atoms with E-state index in [1.54, 1.807) is 12.1 Å². The van der Waals surface area contributed by atoms with Crippen molar-refractivity contribution in [2.45, 2.75) is 24.3 Å². The quantitative estimate of drug-likeness (QED) is 0.936. The molecule has 1 N–H and O–H groups in total. The Hall–Kier alpha value is -2.21. The fourth-order valence-electron chi connectivity index (χ4n) is 2.60. The molecule has 2 aromatic rings. The number of carbonyl (C=O) groups is 1. The Labute approximate surface area is 129 Å². The summed E-state index contributed by atoms with van der Waals surface area (Å²) >= 11 is 0. The summed E-state index contributed by atoms with van der Waals surface area (Å²) in [6.45, 7) is 1.99. The molecule has 1 amide bonds. The van der Waals surface area contributed by atoms with E-state index in [1.165, 1.54) is 12.3 Å². The van der Waals surface area contributed by atoms with Gasteiger partial charge in [0.1, 0.15) is 0 Å². The SMILES string of the molecule is Cc1ccccc1C1CC1C(=O)NS(=O)(=O)c1ccccn1. The molecular weight excluding hydrogens is 300 g/mol. The normalized spacial score (nSPS) is 20.4. The van der Waals surface area contributed by atoms with Crippen molar-refractivity contribution >= 4 is 15.9 Å². The van der Waals surface area contributed by atoms with Crippen molar-refractivity contribution in [1.82, 2.24) is 9.71 Å². The Balaban J connectivity index is 1.71. The zero-order chi connectivity index (χ0) is 15.7. The van der Waals surface area contributed by atoms with Gasteiger partial charge in [0.15, 0.2) is 5.03 Å². The second-order valence-corrected chi connectivity index (χ2v) is 7.07. The minimum Gasteiger partial charge on any atom is -0.274 e. The van der Waals surface area contributed by atoms with Crippen LogP contribution in [0.4, 0.5) is 0 Å². The summed E-state index contributed by atoms with van der Waals surface area (Å²) in [6.07, 6.45) is 2.06. The molecule has 2 atom stereocenters. The third-order valence-corrected chi connectivity index (χ3v) is 5.13. The van der Waals surface area contributed by atoms with Gasteiger partial charge in [0.2, 0.25) is 5.91 Å². The summed E-state index contributed by atoms with van der Waals surface area (Å²) in [7, 11) is -3.89. The summed E-state index contributed by atoms with van der Waals surface area (Å²) in [5.41, 5.74) is 2.23. The second-order valence-electron chi connectivity index (χ2n) is 5.44. The van der Waals surface area contributed by atoms with Gasteiger partial charge in [-0.3, -0.25) is 4.79 Å². The maximum absolute atomic E-state index is 12.2. The highest BCUT2D eigenvalue weighted by atomic mass is 32.2. The van der Waals surface area contributed by atoms with Crippen molar-refractivity contribution in [3.05, 3.63) is 59.8 Å². The smallest absolute Gasteiger partial charge is 0.274 e. The molecule has 1 aromatic heterocycles. The van der Waals surface area contributed by atoms with E-state index in [2.05, 4.69) is 9.71 Å². The van der Waals surface area contributed by atoms with Crippen LogP contribution in [-0.2, 0) is 14.8 Å². The number of nitrogens with zero attached hydrogens (tertiary/aromatic N) is 1. The third kappa shape index (κ3) is 2.87. The van der Waals surface area contributed by atoms with Crippen LogP contribution in [-0.4, -0.2) is 19.3 Å². The maximum Gasteiger partial charge on any atom is 0.281 e. The highest BCUT2D eigenvalue weighted by Crippen LogP contribution is 2.48. The van der Waals surface area contributed by atoms with Crippen LogP contribution < -0.4 is 4.72 Å². The molecule has 1 aromatic carbocycles. The van der Waals surface area contributed by atoms with E-state index in [1.807, 2.05) is 31.2 Å². The average molecular weight is 316 g/mol. The van der Waals surface area contributed by atoms with E-state index < -0.39 is 15.9 Å². The van der Waals surface area contributed by atoms with Crippen LogP contribution in [0.2, 0.25) is 0 Å². The predicted molar refractivity (Wildman–Crippen MR) is 81.6 cm³/mol. The van der Waals surface area contributed by atoms with Crippen LogP contribution in [0, 0.1) is 12.8 Å². The molecule has 1 fully saturated rings. The van der Waals surface area contributed by atoms with Crippen LogP contribution in [0.1, 0.15) is 23.5 Å². The minimum atomic E-state index is -3.89. The highest BCUT2D eigenvalue weighted by molar-refractivity contribution is 7.90. The molecule has 1 aliphatic rings. The van der Waals surface area contributed by atoms with Gasteiger partial charge in [-0.05, 0) is 42.5 Å². The second kappa shape index (κ2) is 5.53. The number of aromatic nitrogens is 1. The van der Waals surface area contributed by atoms with Crippen molar-refractivity contribution in [2.75, 3.05) is 0 Å². The number of hydrogen-bond acceptors (Lipinski definition) is 4. The van der Waals surface area contributed by atoms with Gasteiger partial charge in [-0.25, -0.2) is 9.71 Å². The van der Waals surface area contributed by atoms with Gasteiger partial charge >= 0.3 is 0 Å². The van der Waals surface area contributed by atoms with E-state index in [0.717, 1.165) is 11.1 Å². The fraction of sp³-hybridized carbons (Fsp3) is 0.250. The van der Waals surface area contributed by atoms with E-state index in [9.17, 15) is 13.2 Å². The van der Waals surface area contributed by atoms with Crippen LogP contribution >= 0.6 is 0 Å². The zero-order valence-electron chi connectivity index (χ0n) is 12.1. The third-order valence-electron chi connectivity index (χ3n) is 3.86. The Bertz CT molecular complexity index is 803. The number of pyridine rings is 1. The lowest BCUT2D eigenvalue weighted by Gasteiger charge is -2.07. The van der Waals surface area contributed by atoms with E-state index in [4.69, 9.17) is 0 Å². The molecule has 3 rings (SSSR count). The van der Waals surface area contributed by atoms with Crippen molar-refractivity contribution in [2.24, 2.45) is 5.92 Å².